The number of benzene rings is 1. The number of methoxy groups -OCH3 is 2. The Kier molecular flexibility index (Phi) is 4.16. The number of amides is 1. The van der Waals surface area contributed by atoms with Crippen molar-refractivity contribution < 1.29 is 14.3 Å². The van der Waals surface area contributed by atoms with Crippen LogP contribution in [0.3, 0.4) is 0 Å². The van der Waals surface area contributed by atoms with E-state index < -0.39 is 0 Å². The van der Waals surface area contributed by atoms with Gasteiger partial charge in [0, 0.05) is 11.6 Å². The second-order valence-corrected chi connectivity index (χ2v) is 2.94. The van der Waals surface area contributed by atoms with Gasteiger partial charge in [-0.05, 0) is 12.1 Å². The summed E-state index contributed by atoms with van der Waals surface area (Å²) in [5.74, 6) is 0.724. The number of rotatable bonds is 4. The molecule has 1 rings (SSSR count). The summed E-state index contributed by atoms with van der Waals surface area (Å²) in [4.78, 5) is 11.6. The van der Waals surface area contributed by atoms with Crippen LogP contribution >= 0.6 is 0 Å². The fourth-order valence-electron chi connectivity index (χ4n) is 1.16. The Labute approximate surface area is 93.6 Å². The van der Waals surface area contributed by atoms with E-state index in [1.807, 2.05) is 6.07 Å². The number of carbonyl (C=O) groups excluding carboxylic acids is 1. The molecule has 0 aliphatic heterocycles. The molecule has 0 radical (unpaired) electrons. The average Bonchev–Trinajstić information content (AvgIpc) is 2.35. The summed E-state index contributed by atoms with van der Waals surface area (Å²) >= 11 is 0. The van der Waals surface area contributed by atoms with Crippen molar-refractivity contribution in [1.82, 2.24) is 5.32 Å². The third-order valence-corrected chi connectivity index (χ3v) is 1.94. The van der Waals surface area contributed by atoms with Crippen LogP contribution in [0.2, 0.25) is 0 Å². The smallest absolute Gasteiger partial charge is 0.252 e. The van der Waals surface area contributed by atoms with E-state index >= 15 is 0 Å². The SMILES string of the molecule is COc1cc(OC)cc(C(=O)NCC#N)c1. The summed E-state index contributed by atoms with van der Waals surface area (Å²) < 4.78 is 10.1. The lowest BCUT2D eigenvalue weighted by Crippen LogP contribution is -2.23. The molecule has 0 aliphatic carbocycles. The third kappa shape index (κ3) is 2.89. The first kappa shape index (κ1) is 11.9. The molecule has 1 aromatic rings. The van der Waals surface area contributed by atoms with E-state index in [-0.39, 0.29) is 12.5 Å². The van der Waals surface area contributed by atoms with Gasteiger partial charge >= 0.3 is 0 Å². The molecule has 0 fully saturated rings. The monoisotopic (exact) mass is 220 g/mol. The van der Waals surface area contributed by atoms with E-state index in [1.54, 1.807) is 18.2 Å². The van der Waals surface area contributed by atoms with Crippen molar-refractivity contribution in [3.05, 3.63) is 23.8 Å². The van der Waals surface area contributed by atoms with E-state index in [0.717, 1.165) is 0 Å². The van der Waals surface area contributed by atoms with Crippen molar-refractivity contribution in [3.8, 4) is 17.6 Å². The molecule has 5 heteroatoms. The molecule has 0 saturated carbocycles. The minimum absolute atomic E-state index is 0.0294. The quantitative estimate of drug-likeness (QED) is 0.767. The van der Waals surface area contributed by atoms with Gasteiger partial charge in [-0.15, -0.1) is 0 Å². The van der Waals surface area contributed by atoms with Gasteiger partial charge in [0.1, 0.15) is 18.0 Å². The van der Waals surface area contributed by atoms with E-state index in [1.165, 1.54) is 14.2 Å². The maximum absolute atomic E-state index is 11.6. The molecule has 0 heterocycles. The highest BCUT2D eigenvalue weighted by Crippen LogP contribution is 2.22. The van der Waals surface area contributed by atoms with E-state index in [9.17, 15) is 4.79 Å². The topological polar surface area (TPSA) is 71.3 Å². The second kappa shape index (κ2) is 5.61. The molecule has 16 heavy (non-hydrogen) atoms. The number of hydrogen-bond donors (Lipinski definition) is 1. The summed E-state index contributed by atoms with van der Waals surface area (Å²) in [5.41, 5.74) is 0.395. The maximum atomic E-state index is 11.6. The predicted octanol–water partition coefficient (Wildman–Crippen LogP) is 0.957. The predicted molar refractivity (Wildman–Crippen MR) is 57.5 cm³/mol. The minimum atomic E-state index is -0.334. The highest BCUT2D eigenvalue weighted by Gasteiger charge is 2.08. The number of hydrogen-bond acceptors (Lipinski definition) is 4. The Morgan fingerprint density at radius 2 is 1.88 bits per heavy atom. The Morgan fingerprint density at radius 1 is 1.31 bits per heavy atom. The largest absolute Gasteiger partial charge is 0.497 e. The highest BCUT2D eigenvalue weighted by molar-refractivity contribution is 5.95. The molecule has 84 valence electrons. The molecule has 1 N–H and O–H groups in total. The molecule has 0 aromatic heterocycles. The molecule has 0 unspecified atom stereocenters. The minimum Gasteiger partial charge on any atom is -0.497 e. The van der Waals surface area contributed by atoms with Gasteiger partial charge in [-0.25, -0.2) is 0 Å². The van der Waals surface area contributed by atoms with Gasteiger partial charge < -0.3 is 14.8 Å². The maximum Gasteiger partial charge on any atom is 0.252 e. The van der Waals surface area contributed by atoms with Crippen molar-refractivity contribution in [2.24, 2.45) is 0 Å². The zero-order valence-corrected chi connectivity index (χ0v) is 9.11. The third-order valence-electron chi connectivity index (χ3n) is 1.94. The molecular formula is C11H12N2O3. The Morgan fingerprint density at radius 3 is 2.31 bits per heavy atom. The zero-order valence-electron chi connectivity index (χ0n) is 9.11. The highest BCUT2D eigenvalue weighted by atomic mass is 16.5. The molecule has 0 saturated heterocycles. The normalized spacial score (nSPS) is 9.06. The Bertz CT molecular complexity index is 401. The molecule has 1 aromatic carbocycles. The van der Waals surface area contributed by atoms with Gasteiger partial charge in [-0.2, -0.15) is 5.26 Å². The Balaban J connectivity index is 2.94. The number of ether oxygens (including phenoxy) is 2. The second-order valence-electron chi connectivity index (χ2n) is 2.94. The van der Waals surface area contributed by atoms with Crippen LogP contribution in [0.1, 0.15) is 10.4 Å². The lowest BCUT2D eigenvalue weighted by Gasteiger charge is -2.07. The van der Waals surface area contributed by atoms with Crippen molar-refractivity contribution in [2.75, 3.05) is 20.8 Å². The summed E-state index contributed by atoms with van der Waals surface area (Å²) in [6, 6.07) is 6.66. The van der Waals surface area contributed by atoms with Crippen LogP contribution in [0.5, 0.6) is 11.5 Å². The van der Waals surface area contributed by atoms with E-state index in [0.29, 0.717) is 17.1 Å². The molecule has 0 bridgehead atoms. The van der Waals surface area contributed by atoms with Crippen LogP contribution in [0.25, 0.3) is 0 Å². The number of nitrogens with zero attached hydrogens (tertiary/aromatic N) is 1. The Hall–Kier alpha value is -2.22. The molecular weight excluding hydrogens is 208 g/mol. The first-order valence-corrected chi connectivity index (χ1v) is 4.59. The summed E-state index contributed by atoms with van der Waals surface area (Å²) in [6.45, 7) is -0.0294. The fraction of sp³-hybridized carbons (Fsp3) is 0.273. The lowest BCUT2D eigenvalue weighted by atomic mass is 10.2. The van der Waals surface area contributed by atoms with Gasteiger partial charge in [0.2, 0.25) is 0 Å². The number of nitrogens with one attached hydrogen (secondary N) is 1. The number of carbonyl (C=O) groups is 1. The van der Waals surface area contributed by atoms with Gasteiger partial charge in [-0.3, -0.25) is 4.79 Å². The van der Waals surface area contributed by atoms with Crippen molar-refractivity contribution in [2.45, 2.75) is 0 Å². The first-order chi connectivity index (χ1) is 7.71. The van der Waals surface area contributed by atoms with Crippen molar-refractivity contribution >= 4 is 5.91 Å². The zero-order chi connectivity index (χ0) is 12.0. The van der Waals surface area contributed by atoms with E-state index in [2.05, 4.69) is 5.32 Å². The molecule has 0 spiro atoms. The standard InChI is InChI=1S/C11H12N2O3/c1-15-9-5-8(6-10(7-9)16-2)11(14)13-4-3-12/h5-7H,4H2,1-2H3,(H,13,14). The summed E-state index contributed by atoms with van der Waals surface area (Å²) in [7, 11) is 3.01. The van der Waals surface area contributed by atoms with Crippen LogP contribution in [0.4, 0.5) is 0 Å². The van der Waals surface area contributed by atoms with Crippen LogP contribution < -0.4 is 14.8 Å². The van der Waals surface area contributed by atoms with Gasteiger partial charge in [0.05, 0.1) is 20.3 Å². The van der Waals surface area contributed by atoms with Crippen LogP contribution in [0, 0.1) is 11.3 Å². The molecule has 0 atom stereocenters. The fourth-order valence-corrected chi connectivity index (χ4v) is 1.16. The summed E-state index contributed by atoms with van der Waals surface area (Å²) in [6.07, 6.45) is 0. The van der Waals surface area contributed by atoms with Crippen molar-refractivity contribution in [1.29, 1.82) is 5.26 Å². The first-order valence-electron chi connectivity index (χ1n) is 4.59. The molecule has 1 amide bonds. The molecule has 0 aliphatic rings. The molecule has 5 nitrogen and oxygen atoms in total. The van der Waals surface area contributed by atoms with Crippen LogP contribution in [-0.2, 0) is 0 Å². The van der Waals surface area contributed by atoms with Crippen molar-refractivity contribution in [3.63, 3.8) is 0 Å². The van der Waals surface area contributed by atoms with Crippen LogP contribution in [-0.4, -0.2) is 26.7 Å². The number of nitriles is 1. The average molecular weight is 220 g/mol. The lowest BCUT2D eigenvalue weighted by molar-refractivity contribution is 0.0958. The van der Waals surface area contributed by atoms with Gasteiger partial charge in [-0.1, -0.05) is 0 Å². The van der Waals surface area contributed by atoms with Gasteiger partial charge in [0.25, 0.3) is 5.91 Å². The summed E-state index contributed by atoms with van der Waals surface area (Å²) in [5, 5.41) is 10.8. The van der Waals surface area contributed by atoms with Gasteiger partial charge in [0.15, 0.2) is 0 Å². The van der Waals surface area contributed by atoms with Crippen LogP contribution in [0.15, 0.2) is 18.2 Å². The van der Waals surface area contributed by atoms with E-state index in [4.69, 9.17) is 14.7 Å².